The van der Waals surface area contributed by atoms with Crippen molar-refractivity contribution >= 4 is 22.7 Å². The minimum atomic E-state index is -0.772. The minimum Gasteiger partial charge on any atom is -0.351 e. The highest BCUT2D eigenvalue weighted by Crippen LogP contribution is 2.34. The maximum Gasteiger partial charge on any atom is 0.252 e. The van der Waals surface area contributed by atoms with Crippen molar-refractivity contribution in [3.63, 3.8) is 0 Å². The molecule has 3 N–H and O–H groups in total. The van der Waals surface area contributed by atoms with E-state index < -0.39 is 5.54 Å². The summed E-state index contributed by atoms with van der Waals surface area (Å²) in [5.74, 6) is 0.378. The first kappa shape index (κ1) is 16.1. The van der Waals surface area contributed by atoms with Crippen LogP contribution in [0.15, 0.2) is 24.4 Å². The molecule has 2 aromatic rings. The third-order valence-electron chi connectivity index (χ3n) is 5.63. The van der Waals surface area contributed by atoms with E-state index in [9.17, 15) is 9.59 Å². The Kier molecular flexibility index (Phi) is 3.98. The monoisotopic (exact) mass is 340 g/mol. The number of fused-ring (bicyclic) bond motifs is 1. The smallest absolute Gasteiger partial charge is 0.252 e. The number of amides is 2. The molecule has 25 heavy (non-hydrogen) atoms. The van der Waals surface area contributed by atoms with E-state index >= 15 is 0 Å². The molecular formula is C19H24N4O2. The Morgan fingerprint density at radius 2 is 2.04 bits per heavy atom. The van der Waals surface area contributed by atoms with Gasteiger partial charge in [0.25, 0.3) is 5.91 Å². The Hall–Kier alpha value is -2.37. The van der Waals surface area contributed by atoms with E-state index in [-0.39, 0.29) is 17.9 Å². The van der Waals surface area contributed by atoms with Crippen LogP contribution in [0.25, 0.3) is 10.9 Å². The van der Waals surface area contributed by atoms with Gasteiger partial charge in [-0.3, -0.25) is 14.7 Å². The summed E-state index contributed by atoms with van der Waals surface area (Å²) in [7, 11) is 0. The summed E-state index contributed by atoms with van der Waals surface area (Å²) in [4.78, 5) is 25.7. The zero-order valence-corrected chi connectivity index (χ0v) is 14.5. The predicted octanol–water partition coefficient (Wildman–Crippen LogP) is 2.52. The third-order valence-corrected chi connectivity index (χ3v) is 5.63. The Bertz CT molecular complexity index is 803. The van der Waals surface area contributed by atoms with Crippen LogP contribution in [0.4, 0.5) is 0 Å². The zero-order valence-electron chi connectivity index (χ0n) is 14.5. The van der Waals surface area contributed by atoms with Crippen LogP contribution in [0.1, 0.15) is 55.8 Å². The van der Waals surface area contributed by atoms with E-state index in [1.54, 1.807) is 12.3 Å². The summed E-state index contributed by atoms with van der Waals surface area (Å²) >= 11 is 0. The Morgan fingerprint density at radius 1 is 1.28 bits per heavy atom. The van der Waals surface area contributed by atoms with Gasteiger partial charge in [-0.2, -0.15) is 5.10 Å². The van der Waals surface area contributed by atoms with Crippen LogP contribution in [0.2, 0.25) is 0 Å². The first-order valence-corrected chi connectivity index (χ1v) is 9.14. The quantitative estimate of drug-likeness (QED) is 0.781. The van der Waals surface area contributed by atoms with Gasteiger partial charge in [0.05, 0.1) is 11.7 Å². The number of carbonyl (C=O) groups is 2. The van der Waals surface area contributed by atoms with Crippen molar-refractivity contribution in [2.45, 2.75) is 57.0 Å². The fourth-order valence-electron chi connectivity index (χ4n) is 3.82. The van der Waals surface area contributed by atoms with E-state index in [2.05, 4.69) is 27.8 Å². The molecule has 0 saturated heterocycles. The summed E-state index contributed by atoms with van der Waals surface area (Å²) in [6.07, 6.45) is 7.41. The summed E-state index contributed by atoms with van der Waals surface area (Å²) in [6, 6.07) is 5.60. The Morgan fingerprint density at radius 3 is 2.76 bits per heavy atom. The first-order valence-electron chi connectivity index (χ1n) is 9.14. The average molecular weight is 340 g/mol. The molecule has 2 aliphatic rings. The lowest BCUT2D eigenvalue weighted by Gasteiger charge is -2.30. The lowest BCUT2D eigenvalue weighted by Crippen LogP contribution is -2.58. The highest BCUT2D eigenvalue weighted by molar-refractivity contribution is 6.01. The number of nitrogens with zero attached hydrogens (tertiary/aromatic N) is 1. The van der Waals surface area contributed by atoms with Gasteiger partial charge < -0.3 is 10.6 Å². The maximum atomic E-state index is 12.9. The van der Waals surface area contributed by atoms with Crippen molar-refractivity contribution in [3.8, 4) is 0 Å². The molecule has 2 aliphatic carbocycles. The second kappa shape index (κ2) is 6.17. The van der Waals surface area contributed by atoms with E-state index in [1.807, 2.05) is 12.1 Å². The fraction of sp³-hybridized carbons (Fsp3) is 0.526. The number of hydrogen-bond acceptors (Lipinski definition) is 3. The molecule has 0 bridgehead atoms. The normalized spacial score (nSPS) is 20.4. The van der Waals surface area contributed by atoms with Gasteiger partial charge in [0.2, 0.25) is 5.91 Å². The van der Waals surface area contributed by atoms with Gasteiger partial charge >= 0.3 is 0 Å². The minimum absolute atomic E-state index is 0.0258. The largest absolute Gasteiger partial charge is 0.351 e. The summed E-state index contributed by atoms with van der Waals surface area (Å²) in [5.41, 5.74) is 0.678. The maximum absolute atomic E-state index is 12.9. The zero-order chi connectivity index (χ0) is 17.4. The van der Waals surface area contributed by atoms with Crippen LogP contribution < -0.4 is 10.6 Å². The molecule has 6 heteroatoms. The third kappa shape index (κ3) is 3.13. The van der Waals surface area contributed by atoms with E-state index in [0.717, 1.165) is 23.7 Å². The van der Waals surface area contributed by atoms with E-state index in [1.165, 1.54) is 12.8 Å². The lowest BCUT2D eigenvalue weighted by atomic mass is 9.94. The number of benzene rings is 1. The number of nitrogens with one attached hydrogen (secondary N) is 3. The fourth-order valence-corrected chi connectivity index (χ4v) is 3.82. The Labute approximate surface area is 146 Å². The van der Waals surface area contributed by atoms with Gasteiger partial charge in [-0.15, -0.1) is 0 Å². The average Bonchev–Trinajstić information content (AvgIpc) is 3.16. The predicted molar refractivity (Wildman–Crippen MR) is 95.1 cm³/mol. The molecule has 6 nitrogen and oxygen atoms in total. The van der Waals surface area contributed by atoms with E-state index in [0.29, 0.717) is 24.3 Å². The summed E-state index contributed by atoms with van der Waals surface area (Å²) in [5, 5.41) is 13.9. The van der Waals surface area contributed by atoms with Gasteiger partial charge in [-0.25, -0.2) is 0 Å². The summed E-state index contributed by atoms with van der Waals surface area (Å²) in [6.45, 7) is 2.06. The van der Waals surface area contributed by atoms with E-state index in [4.69, 9.17) is 0 Å². The van der Waals surface area contributed by atoms with Crippen molar-refractivity contribution in [3.05, 3.63) is 30.0 Å². The van der Waals surface area contributed by atoms with Gasteiger partial charge in [0.15, 0.2) is 0 Å². The number of aromatic nitrogens is 2. The molecule has 1 atom stereocenters. The van der Waals surface area contributed by atoms with Gasteiger partial charge in [-0.05, 0) is 56.7 Å². The SMILES string of the molecule is C[C@@H](NC(=O)C1(NC(=O)c2ccc3[nH]ncc3c2)CCCC1)C1CC1. The molecular weight excluding hydrogens is 316 g/mol. The number of carbonyl (C=O) groups excluding carboxylic acids is 2. The standard InChI is InChI=1S/C19H24N4O2/c1-12(13-4-5-13)21-18(25)19(8-2-3-9-19)22-17(24)14-6-7-16-15(10-14)11-20-23-16/h6-7,10-13H,2-5,8-9H2,1H3,(H,20,23)(H,21,25)(H,22,24)/t12-/m1/s1. The van der Waals surface area contributed by atoms with Crippen LogP contribution >= 0.6 is 0 Å². The number of rotatable bonds is 5. The van der Waals surface area contributed by atoms with Crippen LogP contribution in [0, 0.1) is 5.92 Å². The number of aromatic amines is 1. The molecule has 2 saturated carbocycles. The van der Waals surface area contributed by atoms with Gasteiger partial charge in [0, 0.05) is 17.0 Å². The molecule has 0 spiro atoms. The first-order chi connectivity index (χ1) is 12.1. The molecule has 1 heterocycles. The Balaban J connectivity index is 1.51. The topological polar surface area (TPSA) is 86.9 Å². The molecule has 0 unspecified atom stereocenters. The van der Waals surface area contributed by atoms with Crippen molar-refractivity contribution < 1.29 is 9.59 Å². The van der Waals surface area contributed by atoms with Crippen LogP contribution in [0.3, 0.4) is 0 Å². The van der Waals surface area contributed by atoms with Crippen molar-refractivity contribution in [1.29, 1.82) is 0 Å². The highest BCUT2D eigenvalue weighted by Gasteiger charge is 2.44. The van der Waals surface area contributed by atoms with Gasteiger partial charge in [-0.1, -0.05) is 12.8 Å². The van der Waals surface area contributed by atoms with Crippen LogP contribution in [-0.2, 0) is 4.79 Å². The summed E-state index contributed by atoms with van der Waals surface area (Å²) < 4.78 is 0. The molecule has 4 rings (SSSR count). The van der Waals surface area contributed by atoms with Gasteiger partial charge in [0.1, 0.15) is 5.54 Å². The van der Waals surface area contributed by atoms with Crippen LogP contribution in [-0.4, -0.2) is 33.6 Å². The van der Waals surface area contributed by atoms with Crippen molar-refractivity contribution in [2.75, 3.05) is 0 Å². The van der Waals surface area contributed by atoms with Crippen molar-refractivity contribution in [2.24, 2.45) is 5.92 Å². The molecule has 1 aromatic heterocycles. The second-order valence-electron chi connectivity index (χ2n) is 7.51. The molecule has 0 aliphatic heterocycles. The second-order valence-corrected chi connectivity index (χ2v) is 7.51. The van der Waals surface area contributed by atoms with Crippen molar-refractivity contribution in [1.82, 2.24) is 20.8 Å². The molecule has 2 fully saturated rings. The lowest BCUT2D eigenvalue weighted by molar-refractivity contribution is -0.128. The number of hydrogen-bond donors (Lipinski definition) is 3. The molecule has 0 radical (unpaired) electrons. The molecule has 2 amide bonds. The number of H-pyrrole nitrogens is 1. The van der Waals surface area contributed by atoms with Crippen LogP contribution in [0.5, 0.6) is 0 Å². The molecule has 1 aromatic carbocycles. The highest BCUT2D eigenvalue weighted by atomic mass is 16.2. The molecule has 132 valence electrons.